The molecule has 0 saturated heterocycles. The summed E-state index contributed by atoms with van der Waals surface area (Å²) in [6, 6.07) is 5.39. The summed E-state index contributed by atoms with van der Waals surface area (Å²) in [5.41, 5.74) is 1.80. The van der Waals surface area contributed by atoms with Crippen molar-refractivity contribution in [2.24, 2.45) is 0 Å². The predicted octanol–water partition coefficient (Wildman–Crippen LogP) is 3.56. The number of rotatable bonds is 5. The van der Waals surface area contributed by atoms with Crippen molar-refractivity contribution in [3.63, 3.8) is 0 Å². The fourth-order valence-electron chi connectivity index (χ4n) is 2.89. The number of anilines is 2. The predicted molar refractivity (Wildman–Crippen MR) is 99.2 cm³/mol. The number of carbonyl (C=O) groups excluding carboxylic acids is 2. The molecule has 1 aromatic rings. The Kier molecular flexibility index (Phi) is 6.75. The van der Waals surface area contributed by atoms with Gasteiger partial charge in [0.2, 0.25) is 0 Å². The Morgan fingerprint density at radius 2 is 1.83 bits per heavy atom. The molecule has 5 nitrogen and oxygen atoms in total. The molecular weight excluding hydrogens is 349 g/mol. The highest BCUT2D eigenvalue weighted by molar-refractivity contribution is 6.54. The lowest BCUT2D eigenvalue weighted by Gasteiger charge is -2.24. The van der Waals surface area contributed by atoms with Crippen LogP contribution in [0.3, 0.4) is 0 Å². The molecule has 1 saturated carbocycles. The second-order valence-electron chi connectivity index (χ2n) is 6.22. The summed E-state index contributed by atoms with van der Waals surface area (Å²) < 4.78 is 0. The van der Waals surface area contributed by atoms with Gasteiger partial charge in [-0.25, -0.2) is 0 Å². The van der Waals surface area contributed by atoms with Gasteiger partial charge in [0.05, 0.1) is 5.56 Å². The van der Waals surface area contributed by atoms with Crippen molar-refractivity contribution in [2.75, 3.05) is 24.3 Å². The molecule has 1 fully saturated rings. The Labute approximate surface area is 152 Å². The summed E-state index contributed by atoms with van der Waals surface area (Å²) in [4.78, 5) is 25.1. The monoisotopic (exact) mass is 371 g/mol. The lowest BCUT2D eigenvalue weighted by molar-refractivity contribution is -0.114. The third-order valence-electron chi connectivity index (χ3n) is 4.13. The van der Waals surface area contributed by atoms with E-state index in [0.717, 1.165) is 31.4 Å². The van der Waals surface area contributed by atoms with Crippen LogP contribution in [0.5, 0.6) is 0 Å². The summed E-state index contributed by atoms with van der Waals surface area (Å²) in [6.45, 7) is 0. The van der Waals surface area contributed by atoms with Gasteiger partial charge in [-0.1, -0.05) is 42.5 Å². The van der Waals surface area contributed by atoms with Gasteiger partial charge in [0, 0.05) is 31.5 Å². The molecule has 24 heavy (non-hydrogen) atoms. The SMILES string of the molecule is CN(C)c1ccc(NC(=O)C(Cl)Cl)cc1C(=O)NC1CCCCC1. The van der Waals surface area contributed by atoms with Gasteiger partial charge in [0.15, 0.2) is 4.84 Å². The Bertz CT molecular complexity index is 599. The zero-order valence-corrected chi connectivity index (χ0v) is 15.5. The Hall–Kier alpha value is -1.46. The fraction of sp³-hybridized carbons (Fsp3) is 0.529. The second-order valence-corrected chi connectivity index (χ2v) is 7.32. The van der Waals surface area contributed by atoms with Crippen molar-refractivity contribution < 1.29 is 9.59 Å². The number of carbonyl (C=O) groups is 2. The van der Waals surface area contributed by atoms with E-state index in [9.17, 15) is 9.59 Å². The standard InChI is InChI=1S/C17H23Cl2N3O2/c1-22(2)14-9-8-12(21-17(24)15(18)19)10-13(14)16(23)20-11-6-4-3-5-7-11/h8-11,15H,3-7H2,1-2H3,(H,20,23)(H,21,24). The second kappa shape index (κ2) is 8.58. The summed E-state index contributed by atoms with van der Waals surface area (Å²) in [6.07, 6.45) is 5.55. The summed E-state index contributed by atoms with van der Waals surface area (Å²) in [5.74, 6) is -0.649. The first kappa shape index (κ1) is 18.9. The van der Waals surface area contributed by atoms with E-state index in [1.807, 2.05) is 19.0 Å². The van der Waals surface area contributed by atoms with Crippen LogP contribution >= 0.6 is 23.2 Å². The van der Waals surface area contributed by atoms with Gasteiger partial charge in [-0.15, -0.1) is 0 Å². The number of halogens is 2. The van der Waals surface area contributed by atoms with E-state index < -0.39 is 10.7 Å². The molecule has 1 aromatic carbocycles. The normalized spacial score (nSPS) is 15.2. The quantitative estimate of drug-likeness (QED) is 0.777. The molecule has 2 N–H and O–H groups in total. The topological polar surface area (TPSA) is 61.4 Å². The van der Waals surface area contributed by atoms with Gasteiger partial charge in [-0.2, -0.15) is 0 Å². The Morgan fingerprint density at radius 1 is 1.17 bits per heavy atom. The number of benzene rings is 1. The first-order valence-electron chi connectivity index (χ1n) is 8.09. The molecule has 2 rings (SSSR count). The minimum Gasteiger partial charge on any atom is -0.377 e. The van der Waals surface area contributed by atoms with E-state index in [2.05, 4.69) is 10.6 Å². The third kappa shape index (κ3) is 5.02. The third-order valence-corrected chi connectivity index (χ3v) is 4.53. The highest BCUT2D eigenvalue weighted by atomic mass is 35.5. The summed E-state index contributed by atoms with van der Waals surface area (Å²) in [5, 5.41) is 5.71. The molecule has 1 aliphatic rings. The van der Waals surface area contributed by atoms with Crippen LogP contribution in [0.1, 0.15) is 42.5 Å². The highest BCUT2D eigenvalue weighted by Crippen LogP contribution is 2.25. The minimum absolute atomic E-state index is 0.130. The molecule has 132 valence electrons. The minimum atomic E-state index is -1.15. The van der Waals surface area contributed by atoms with E-state index in [0.29, 0.717) is 11.3 Å². The summed E-state index contributed by atoms with van der Waals surface area (Å²) in [7, 11) is 3.75. The molecule has 0 bridgehead atoms. The average molecular weight is 372 g/mol. The lowest BCUT2D eigenvalue weighted by Crippen LogP contribution is -2.36. The van der Waals surface area contributed by atoms with Crippen molar-refractivity contribution in [3.8, 4) is 0 Å². The van der Waals surface area contributed by atoms with Crippen LogP contribution < -0.4 is 15.5 Å². The van der Waals surface area contributed by atoms with Crippen LogP contribution in [-0.2, 0) is 4.79 Å². The van der Waals surface area contributed by atoms with Gasteiger partial charge in [-0.05, 0) is 31.0 Å². The van der Waals surface area contributed by atoms with E-state index in [1.165, 1.54) is 6.42 Å². The first-order chi connectivity index (χ1) is 11.4. The van der Waals surface area contributed by atoms with E-state index in [4.69, 9.17) is 23.2 Å². The Balaban J connectivity index is 2.20. The number of hydrogen-bond donors (Lipinski definition) is 2. The molecule has 1 aliphatic carbocycles. The van der Waals surface area contributed by atoms with Gasteiger partial charge in [0.1, 0.15) is 0 Å². The van der Waals surface area contributed by atoms with Crippen LogP contribution in [-0.4, -0.2) is 36.8 Å². The molecule has 0 spiro atoms. The van der Waals surface area contributed by atoms with Crippen molar-refractivity contribution >= 4 is 46.4 Å². The number of hydrogen-bond acceptors (Lipinski definition) is 3. The maximum Gasteiger partial charge on any atom is 0.257 e. The summed E-state index contributed by atoms with van der Waals surface area (Å²) >= 11 is 11.1. The number of alkyl halides is 2. The largest absolute Gasteiger partial charge is 0.377 e. The number of amides is 2. The lowest BCUT2D eigenvalue weighted by atomic mass is 9.95. The molecular formula is C17H23Cl2N3O2. The van der Waals surface area contributed by atoms with Crippen LogP contribution in [0.25, 0.3) is 0 Å². The molecule has 0 atom stereocenters. The molecule has 0 unspecified atom stereocenters. The van der Waals surface area contributed by atoms with Crippen molar-refractivity contribution in [2.45, 2.75) is 43.0 Å². The van der Waals surface area contributed by atoms with Gasteiger partial charge >= 0.3 is 0 Å². The van der Waals surface area contributed by atoms with Crippen molar-refractivity contribution in [1.29, 1.82) is 0 Å². The van der Waals surface area contributed by atoms with Crippen LogP contribution in [0, 0.1) is 0 Å². The van der Waals surface area contributed by atoms with E-state index >= 15 is 0 Å². The Morgan fingerprint density at radius 3 is 2.42 bits per heavy atom. The molecule has 0 aliphatic heterocycles. The first-order valence-corrected chi connectivity index (χ1v) is 8.97. The van der Waals surface area contributed by atoms with E-state index in [-0.39, 0.29) is 11.9 Å². The maximum atomic E-state index is 12.7. The zero-order valence-electron chi connectivity index (χ0n) is 13.9. The van der Waals surface area contributed by atoms with Gasteiger partial charge < -0.3 is 15.5 Å². The maximum absolute atomic E-state index is 12.7. The van der Waals surface area contributed by atoms with Crippen LogP contribution in [0.2, 0.25) is 0 Å². The molecule has 2 amide bonds. The zero-order chi connectivity index (χ0) is 17.7. The van der Waals surface area contributed by atoms with Crippen LogP contribution in [0.4, 0.5) is 11.4 Å². The molecule has 0 heterocycles. The van der Waals surface area contributed by atoms with Gasteiger partial charge in [-0.3, -0.25) is 9.59 Å². The smallest absolute Gasteiger partial charge is 0.257 e. The van der Waals surface area contributed by atoms with Crippen molar-refractivity contribution in [3.05, 3.63) is 23.8 Å². The highest BCUT2D eigenvalue weighted by Gasteiger charge is 2.20. The molecule has 7 heteroatoms. The van der Waals surface area contributed by atoms with Crippen molar-refractivity contribution in [1.82, 2.24) is 5.32 Å². The molecule has 0 aromatic heterocycles. The van der Waals surface area contributed by atoms with Crippen LogP contribution in [0.15, 0.2) is 18.2 Å². The number of nitrogens with one attached hydrogen (secondary N) is 2. The average Bonchev–Trinajstić information content (AvgIpc) is 2.55. The van der Waals surface area contributed by atoms with E-state index in [1.54, 1.807) is 18.2 Å². The molecule has 0 radical (unpaired) electrons. The number of nitrogens with zero attached hydrogens (tertiary/aromatic N) is 1. The fourth-order valence-corrected chi connectivity index (χ4v) is 3.00. The van der Waals surface area contributed by atoms with Gasteiger partial charge in [0.25, 0.3) is 11.8 Å².